The van der Waals surface area contributed by atoms with Crippen LogP contribution in [0.15, 0.2) is 59.0 Å². The lowest BCUT2D eigenvalue weighted by molar-refractivity contribution is 0.183. The second-order valence-corrected chi connectivity index (χ2v) is 5.61. The molecule has 106 valence electrons. The molecule has 0 aliphatic carbocycles. The number of hydrogen-bond donors (Lipinski definition) is 1. The summed E-state index contributed by atoms with van der Waals surface area (Å²) in [5.74, 6) is 0.964. The van der Waals surface area contributed by atoms with Crippen molar-refractivity contribution in [2.45, 2.75) is 19.1 Å². The van der Waals surface area contributed by atoms with Crippen molar-refractivity contribution >= 4 is 11.0 Å². The minimum Gasteiger partial charge on any atom is -0.459 e. The summed E-state index contributed by atoms with van der Waals surface area (Å²) >= 11 is 0. The molecule has 1 aromatic heterocycles. The van der Waals surface area contributed by atoms with Gasteiger partial charge in [0.1, 0.15) is 11.3 Å². The molecular formula is C18H18N2O. The maximum atomic E-state index is 6.04. The minimum absolute atomic E-state index is 0.129. The van der Waals surface area contributed by atoms with Gasteiger partial charge in [-0.15, -0.1) is 0 Å². The largest absolute Gasteiger partial charge is 0.459 e. The van der Waals surface area contributed by atoms with Crippen molar-refractivity contribution in [3.05, 3.63) is 71.5 Å². The van der Waals surface area contributed by atoms with Gasteiger partial charge in [0.25, 0.3) is 0 Å². The zero-order chi connectivity index (χ0) is 14.2. The summed E-state index contributed by atoms with van der Waals surface area (Å²) in [5.41, 5.74) is 9.76. The number of benzene rings is 2. The molecule has 2 heterocycles. The molecule has 0 saturated carbocycles. The van der Waals surface area contributed by atoms with Gasteiger partial charge in [-0.25, -0.2) is 0 Å². The molecule has 0 saturated heterocycles. The first kappa shape index (κ1) is 12.6. The molecule has 0 bridgehead atoms. The number of para-hydroxylation sites is 1. The number of fused-ring (bicyclic) bond motifs is 2. The average molecular weight is 278 g/mol. The Labute approximate surface area is 124 Å². The number of rotatable bonds is 3. The predicted molar refractivity (Wildman–Crippen MR) is 83.7 cm³/mol. The lowest BCUT2D eigenvalue weighted by atomic mass is 10.1. The van der Waals surface area contributed by atoms with Crippen LogP contribution in [0.1, 0.15) is 22.9 Å². The predicted octanol–water partition coefficient (Wildman–Crippen LogP) is 3.45. The number of hydrogen-bond acceptors (Lipinski definition) is 3. The van der Waals surface area contributed by atoms with Gasteiger partial charge < -0.3 is 10.2 Å². The maximum Gasteiger partial charge on any atom is 0.134 e. The van der Waals surface area contributed by atoms with Gasteiger partial charge in [-0.2, -0.15) is 0 Å². The Morgan fingerprint density at radius 2 is 1.67 bits per heavy atom. The van der Waals surface area contributed by atoms with E-state index in [9.17, 15) is 0 Å². The van der Waals surface area contributed by atoms with E-state index in [-0.39, 0.29) is 6.04 Å². The van der Waals surface area contributed by atoms with Gasteiger partial charge in [0.05, 0.1) is 6.04 Å². The Morgan fingerprint density at radius 1 is 1.00 bits per heavy atom. The number of nitrogens with zero attached hydrogens (tertiary/aromatic N) is 1. The summed E-state index contributed by atoms with van der Waals surface area (Å²) in [5, 5.41) is 1.14. The van der Waals surface area contributed by atoms with Crippen LogP contribution < -0.4 is 5.73 Å². The topological polar surface area (TPSA) is 42.4 Å². The summed E-state index contributed by atoms with van der Waals surface area (Å²) in [6.45, 7) is 2.44. The second kappa shape index (κ2) is 5.02. The maximum absolute atomic E-state index is 6.04. The van der Waals surface area contributed by atoms with E-state index in [4.69, 9.17) is 10.2 Å². The van der Waals surface area contributed by atoms with Crippen molar-refractivity contribution in [1.29, 1.82) is 0 Å². The van der Waals surface area contributed by atoms with Gasteiger partial charge in [0.2, 0.25) is 0 Å². The first-order chi connectivity index (χ1) is 10.3. The zero-order valence-corrected chi connectivity index (χ0v) is 11.8. The minimum atomic E-state index is 0.129. The van der Waals surface area contributed by atoms with Crippen molar-refractivity contribution in [2.24, 2.45) is 5.73 Å². The van der Waals surface area contributed by atoms with Gasteiger partial charge in [0, 0.05) is 25.0 Å². The van der Waals surface area contributed by atoms with E-state index in [1.807, 2.05) is 18.2 Å². The van der Waals surface area contributed by atoms with E-state index in [2.05, 4.69) is 41.3 Å². The third-order valence-corrected chi connectivity index (χ3v) is 4.30. The van der Waals surface area contributed by atoms with Crippen molar-refractivity contribution in [3.8, 4) is 0 Å². The van der Waals surface area contributed by atoms with Gasteiger partial charge in [-0.1, -0.05) is 42.5 Å². The quantitative estimate of drug-likeness (QED) is 0.798. The van der Waals surface area contributed by atoms with Gasteiger partial charge in [-0.3, -0.25) is 4.90 Å². The van der Waals surface area contributed by atoms with Crippen LogP contribution in [0.2, 0.25) is 0 Å². The Morgan fingerprint density at radius 3 is 2.33 bits per heavy atom. The van der Waals surface area contributed by atoms with Crippen molar-refractivity contribution in [1.82, 2.24) is 4.90 Å². The standard InChI is InChI=1S/C18H18N2O/c19-10-16(18-9-13-5-3-4-8-17(13)21-18)20-11-14-6-1-2-7-15(14)12-20/h1-9,16H,10-12,19H2. The van der Waals surface area contributed by atoms with E-state index < -0.39 is 0 Å². The van der Waals surface area contributed by atoms with Crippen LogP contribution in [-0.2, 0) is 13.1 Å². The molecule has 3 heteroatoms. The molecule has 3 nitrogen and oxygen atoms in total. The summed E-state index contributed by atoms with van der Waals surface area (Å²) in [4.78, 5) is 2.39. The Hall–Kier alpha value is -2.10. The average Bonchev–Trinajstić information content (AvgIpc) is 3.11. The van der Waals surface area contributed by atoms with E-state index in [1.54, 1.807) is 0 Å². The van der Waals surface area contributed by atoms with Crippen LogP contribution in [-0.4, -0.2) is 11.4 Å². The van der Waals surface area contributed by atoms with Crippen molar-refractivity contribution in [2.75, 3.05) is 6.54 Å². The SMILES string of the molecule is NCC(c1cc2ccccc2o1)N1Cc2ccccc2C1. The van der Waals surface area contributed by atoms with Crippen LogP contribution in [0.4, 0.5) is 0 Å². The number of nitrogens with two attached hydrogens (primary N) is 1. The monoisotopic (exact) mass is 278 g/mol. The third kappa shape index (κ3) is 2.15. The molecule has 0 spiro atoms. The highest BCUT2D eigenvalue weighted by Crippen LogP contribution is 2.33. The Kier molecular flexibility index (Phi) is 3.02. The summed E-state index contributed by atoms with van der Waals surface area (Å²) in [6, 6.07) is 19.0. The molecule has 3 aromatic rings. The fraction of sp³-hybridized carbons (Fsp3) is 0.222. The molecule has 0 fully saturated rings. The van der Waals surface area contributed by atoms with Crippen LogP contribution in [0, 0.1) is 0 Å². The second-order valence-electron chi connectivity index (χ2n) is 5.61. The molecular weight excluding hydrogens is 260 g/mol. The zero-order valence-electron chi connectivity index (χ0n) is 11.8. The Balaban J connectivity index is 1.66. The van der Waals surface area contributed by atoms with Crippen molar-refractivity contribution < 1.29 is 4.42 Å². The molecule has 1 aliphatic rings. The molecule has 1 atom stereocenters. The molecule has 1 unspecified atom stereocenters. The Bertz CT molecular complexity index is 719. The number of furan rings is 1. The van der Waals surface area contributed by atoms with E-state index in [0.717, 1.165) is 29.8 Å². The smallest absolute Gasteiger partial charge is 0.134 e. The first-order valence-corrected chi connectivity index (χ1v) is 7.34. The molecule has 21 heavy (non-hydrogen) atoms. The highest BCUT2D eigenvalue weighted by Gasteiger charge is 2.28. The normalized spacial score (nSPS) is 16.2. The van der Waals surface area contributed by atoms with Gasteiger partial charge in [-0.05, 0) is 23.3 Å². The highest BCUT2D eigenvalue weighted by molar-refractivity contribution is 5.77. The lowest BCUT2D eigenvalue weighted by Crippen LogP contribution is -2.29. The molecule has 0 radical (unpaired) electrons. The van der Waals surface area contributed by atoms with Crippen LogP contribution >= 0.6 is 0 Å². The third-order valence-electron chi connectivity index (χ3n) is 4.30. The highest BCUT2D eigenvalue weighted by atomic mass is 16.3. The fourth-order valence-electron chi connectivity index (χ4n) is 3.19. The fourth-order valence-corrected chi connectivity index (χ4v) is 3.19. The van der Waals surface area contributed by atoms with E-state index in [0.29, 0.717) is 6.54 Å². The van der Waals surface area contributed by atoms with Crippen LogP contribution in [0.25, 0.3) is 11.0 Å². The van der Waals surface area contributed by atoms with Gasteiger partial charge >= 0.3 is 0 Å². The van der Waals surface area contributed by atoms with Gasteiger partial charge in [0.15, 0.2) is 0 Å². The first-order valence-electron chi connectivity index (χ1n) is 7.34. The van der Waals surface area contributed by atoms with Crippen molar-refractivity contribution in [3.63, 3.8) is 0 Å². The van der Waals surface area contributed by atoms with E-state index >= 15 is 0 Å². The molecule has 2 N–H and O–H groups in total. The molecule has 2 aromatic carbocycles. The summed E-state index contributed by atoms with van der Waals surface area (Å²) in [7, 11) is 0. The van der Waals surface area contributed by atoms with E-state index in [1.165, 1.54) is 11.1 Å². The summed E-state index contributed by atoms with van der Waals surface area (Å²) < 4.78 is 6.01. The lowest BCUT2D eigenvalue weighted by Gasteiger charge is -2.24. The molecule has 1 aliphatic heterocycles. The molecule has 4 rings (SSSR count). The van der Waals surface area contributed by atoms with Crippen LogP contribution in [0.5, 0.6) is 0 Å². The summed E-state index contributed by atoms with van der Waals surface area (Å²) in [6.07, 6.45) is 0. The molecule has 0 amide bonds. The van der Waals surface area contributed by atoms with Crippen LogP contribution in [0.3, 0.4) is 0 Å².